The van der Waals surface area contributed by atoms with E-state index in [1.165, 1.54) is 5.56 Å². The van der Waals surface area contributed by atoms with Crippen LogP contribution < -0.4 is 5.32 Å². The summed E-state index contributed by atoms with van der Waals surface area (Å²) in [5.74, 6) is 0. The van der Waals surface area contributed by atoms with Crippen molar-refractivity contribution in [3.8, 4) is 0 Å². The predicted molar refractivity (Wildman–Crippen MR) is 78.4 cm³/mol. The van der Waals surface area contributed by atoms with Crippen molar-refractivity contribution in [1.29, 1.82) is 0 Å². The second-order valence-corrected chi connectivity index (χ2v) is 4.83. The van der Waals surface area contributed by atoms with Gasteiger partial charge in [-0.3, -0.25) is 4.98 Å². The van der Waals surface area contributed by atoms with E-state index in [4.69, 9.17) is 4.84 Å². The number of nitrogens with zero attached hydrogens (tertiary/aromatic N) is 2. The molecule has 0 amide bonds. The van der Waals surface area contributed by atoms with Gasteiger partial charge in [-0.15, -0.1) is 0 Å². The summed E-state index contributed by atoms with van der Waals surface area (Å²) in [6.45, 7) is 1.64. The second kappa shape index (κ2) is 6.30. The van der Waals surface area contributed by atoms with Gasteiger partial charge < -0.3 is 10.2 Å². The molecule has 1 unspecified atom stereocenters. The van der Waals surface area contributed by atoms with Gasteiger partial charge in [0.2, 0.25) is 0 Å². The highest BCUT2D eigenvalue weighted by molar-refractivity contribution is 6.00. The molecule has 0 aliphatic carbocycles. The van der Waals surface area contributed by atoms with Crippen molar-refractivity contribution in [2.24, 2.45) is 5.16 Å². The van der Waals surface area contributed by atoms with Crippen LogP contribution in [0.5, 0.6) is 0 Å². The molecular formula is C16H17N3O. The number of hydrogen-bond acceptors (Lipinski definition) is 4. The van der Waals surface area contributed by atoms with Crippen molar-refractivity contribution in [2.75, 3.05) is 6.54 Å². The van der Waals surface area contributed by atoms with Gasteiger partial charge in [0, 0.05) is 37.5 Å². The Morgan fingerprint density at radius 1 is 1.15 bits per heavy atom. The molecule has 0 spiro atoms. The van der Waals surface area contributed by atoms with E-state index in [1.807, 2.05) is 36.5 Å². The molecule has 4 nitrogen and oxygen atoms in total. The third kappa shape index (κ3) is 3.22. The lowest BCUT2D eigenvalue weighted by Gasteiger charge is -2.09. The van der Waals surface area contributed by atoms with Gasteiger partial charge in [0.05, 0.1) is 5.71 Å². The highest BCUT2D eigenvalue weighted by Gasteiger charge is 2.21. The molecule has 2 aromatic rings. The van der Waals surface area contributed by atoms with Gasteiger partial charge in [-0.25, -0.2) is 0 Å². The summed E-state index contributed by atoms with van der Waals surface area (Å²) in [6.07, 6.45) is 4.52. The maximum absolute atomic E-state index is 5.46. The molecule has 102 valence electrons. The Balaban J connectivity index is 1.46. The number of benzene rings is 1. The summed E-state index contributed by atoms with van der Waals surface area (Å²) in [5.41, 5.74) is 3.29. The van der Waals surface area contributed by atoms with Crippen LogP contribution in [-0.4, -0.2) is 23.3 Å². The Kier molecular flexibility index (Phi) is 4.04. The Morgan fingerprint density at radius 2 is 2.05 bits per heavy atom. The molecule has 0 saturated carbocycles. The van der Waals surface area contributed by atoms with Crippen molar-refractivity contribution < 1.29 is 4.84 Å². The maximum Gasteiger partial charge on any atom is 0.145 e. The van der Waals surface area contributed by atoms with E-state index in [1.54, 1.807) is 6.20 Å². The van der Waals surface area contributed by atoms with E-state index in [-0.39, 0.29) is 6.10 Å². The normalized spacial score (nSPS) is 17.6. The lowest BCUT2D eigenvalue weighted by molar-refractivity contribution is 0.0848. The van der Waals surface area contributed by atoms with Gasteiger partial charge in [-0.1, -0.05) is 35.5 Å². The second-order valence-electron chi connectivity index (χ2n) is 4.83. The van der Waals surface area contributed by atoms with Crippen molar-refractivity contribution >= 4 is 5.71 Å². The minimum Gasteiger partial charge on any atom is -0.390 e. The number of aromatic nitrogens is 1. The predicted octanol–water partition coefficient (Wildman–Crippen LogP) is 2.36. The van der Waals surface area contributed by atoms with Gasteiger partial charge in [-0.2, -0.15) is 0 Å². The van der Waals surface area contributed by atoms with Crippen molar-refractivity contribution in [3.63, 3.8) is 0 Å². The van der Waals surface area contributed by atoms with E-state index in [9.17, 15) is 0 Å². The number of hydrogen-bond donors (Lipinski definition) is 1. The number of pyridine rings is 1. The van der Waals surface area contributed by atoms with Crippen LogP contribution in [0.25, 0.3) is 0 Å². The average Bonchev–Trinajstić information content (AvgIpc) is 2.98. The molecule has 1 aromatic carbocycles. The van der Waals surface area contributed by atoms with Crippen LogP contribution in [0.3, 0.4) is 0 Å². The molecule has 2 heterocycles. The molecule has 1 aromatic heterocycles. The number of rotatable bonds is 5. The fourth-order valence-corrected chi connectivity index (χ4v) is 2.22. The van der Waals surface area contributed by atoms with Crippen molar-refractivity contribution in [3.05, 3.63) is 66.0 Å². The van der Waals surface area contributed by atoms with Crippen LogP contribution in [0.1, 0.15) is 17.5 Å². The quantitative estimate of drug-likeness (QED) is 0.904. The largest absolute Gasteiger partial charge is 0.390 e. The monoisotopic (exact) mass is 267 g/mol. The standard InChI is InChI=1S/C16H17N3O/c1-2-5-13(6-3-1)10-18-12-15-9-16(19-20-15)14-7-4-8-17-11-14/h1-8,11,15,18H,9-10,12H2. The smallest absolute Gasteiger partial charge is 0.145 e. The summed E-state index contributed by atoms with van der Waals surface area (Å²) in [4.78, 5) is 9.56. The Morgan fingerprint density at radius 3 is 2.85 bits per heavy atom. The number of nitrogens with one attached hydrogen (secondary N) is 1. The summed E-state index contributed by atoms with van der Waals surface area (Å²) < 4.78 is 0. The van der Waals surface area contributed by atoms with Crippen molar-refractivity contribution in [1.82, 2.24) is 10.3 Å². The zero-order chi connectivity index (χ0) is 13.6. The van der Waals surface area contributed by atoms with Gasteiger partial charge in [0.1, 0.15) is 6.10 Å². The van der Waals surface area contributed by atoms with E-state index in [0.717, 1.165) is 30.8 Å². The highest BCUT2D eigenvalue weighted by Crippen LogP contribution is 2.15. The molecule has 4 heteroatoms. The van der Waals surface area contributed by atoms with Gasteiger partial charge in [-0.05, 0) is 17.7 Å². The molecule has 0 fully saturated rings. The van der Waals surface area contributed by atoms with E-state index >= 15 is 0 Å². The van der Waals surface area contributed by atoms with Crippen LogP contribution in [-0.2, 0) is 11.4 Å². The molecule has 1 N–H and O–H groups in total. The molecule has 1 aliphatic rings. The molecule has 0 bridgehead atoms. The van der Waals surface area contributed by atoms with Crippen LogP contribution in [0.2, 0.25) is 0 Å². The molecule has 1 atom stereocenters. The van der Waals surface area contributed by atoms with Gasteiger partial charge >= 0.3 is 0 Å². The van der Waals surface area contributed by atoms with E-state index in [2.05, 4.69) is 27.6 Å². The van der Waals surface area contributed by atoms with Gasteiger partial charge in [0.15, 0.2) is 0 Å². The lowest BCUT2D eigenvalue weighted by Crippen LogP contribution is -2.26. The SMILES string of the molecule is c1ccc(CNCC2CC(c3cccnc3)=NO2)cc1. The zero-order valence-electron chi connectivity index (χ0n) is 11.2. The first-order valence-corrected chi connectivity index (χ1v) is 6.79. The highest BCUT2D eigenvalue weighted by atomic mass is 16.6. The zero-order valence-corrected chi connectivity index (χ0v) is 11.2. The minimum atomic E-state index is 0.105. The van der Waals surface area contributed by atoms with Crippen molar-refractivity contribution in [2.45, 2.75) is 19.1 Å². The fourth-order valence-electron chi connectivity index (χ4n) is 2.22. The Bertz CT molecular complexity index is 569. The third-order valence-corrected chi connectivity index (χ3v) is 3.27. The summed E-state index contributed by atoms with van der Waals surface area (Å²) in [5, 5.41) is 7.55. The Hall–Kier alpha value is -2.20. The maximum atomic E-state index is 5.46. The van der Waals surface area contributed by atoms with Crippen LogP contribution in [0.15, 0.2) is 60.0 Å². The van der Waals surface area contributed by atoms with Crippen LogP contribution >= 0.6 is 0 Å². The summed E-state index contributed by atoms with van der Waals surface area (Å²) in [7, 11) is 0. The fraction of sp³-hybridized carbons (Fsp3) is 0.250. The first-order chi connectivity index (χ1) is 9.92. The number of oxime groups is 1. The average molecular weight is 267 g/mol. The van der Waals surface area contributed by atoms with Gasteiger partial charge in [0.25, 0.3) is 0 Å². The summed E-state index contributed by atoms with van der Waals surface area (Å²) in [6, 6.07) is 14.3. The molecule has 0 saturated heterocycles. The first-order valence-electron chi connectivity index (χ1n) is 6.79. The lowest BCUT2D eigenvalue weighted by atomic mass is 10.1. The summed E-state index contributed by atoms with van der Waals surface area (Å²) >= 11 is 0. The molecule has 0 radical (unpaired) electrons. The van der Waals surface area contributed by atoms with E-state index in [0.29, 0.717) is 0 Å². The molecule has 3 rings (SSSR count). The first kappa shape index (κ1) is 12.8. The Labute approximate surface area is 118 Å². The molecule has 20 heavy (non-hydrogen) atoms. The molecular weight excluding hydrogens is 250 g/mol. The van der Waals surface area contributed by atoms with Crippen LogP contribution in [0.4, 0.5) is 0 Å². The molecule has 1 aliphatic heterocycles. The van der Waals surface area contributed by atoms with Crippen LogP contribution in [0, 0.1) is 0 Å². The topological polar surface area (TPSA) is 46.5 Å². The minimum absolute atomic E-state index is 0.105. The third-order valence-electron chi connectivity index (χ3n) is 3.27. The van der Waals surface area contributed by atoms with E-state index < -0.39 is 0 Å².